The molecule has 6 nitrogen and oxygen atoms in total. The second kappa shape index (κ2) is 4.59. The summed E-state index contributed by atoms with van der Waals surface area (Å²) in [6, 6.07) is 3.05. The van der Waals surface area contributed by atoms with Crippen molar-refractivity contribution in [3.63, 3.8) is 0 Å². The first kappa shape index (κ1) is 14.6. The Balaban J connectivity index is 1.91. The van der Waals surface area contributed by atoms with Crippen LogP contribution in [0.25, 0.3) is 0 Å². The van der Waals surface area contributed by atoms with Gasteiger partial charge in [-0.3, -0.25) is 0 Å². The van der Waals surface area contributed by atoms with Gasteiger partial charge in [0.25, 0.3) is 0 Å². The molecular weight excluding hydrogens is 292 g/mol. The Hall–Kier alpha value is -1.31. The third kappa shape index (κ3) is 2.29. The summed E-state index contributed by atoms with van der Waals surface area (Å²) in [7, 11) is -2.26. The van der Waals surface area contributed by atoms with E-state index in [1.165, 1.54) is 17.5 Å². The lowest BCUT2D eigenvalue weighted by molar-refractivity contribution is -0.0765. The zero-order valence-corrected chi connectivity index (χ0v) is 13.0. The van der Waals surface area contributed by atoms with Crippen LogP contribution in [-0.2, 0) is 10.0 Å². The van der Waals surface area contributed by atoms with E-state index in [1.54, 1.807) is 13.0 Å². The Labute approximate surface area is 124 Å². The molecule has 1 saturated carbocycles. The monoisotopic (exact) mass is 312 g/mol. The maximum absolute atomic E-state index is 12.7. The summed E-state index contributed by atoms with van der Waals surface area (Å²) in [6.45, 7) is 2.09. The summed E-state index contributed by atoms with van der Waals surface area (Å²) >= 11 is 0. The van der Waals surface area contributed by atoms with Crippen LogP contribution in [0.5, 0.6) is 5.75 Å². The second-order valence-electron chi connectivity index (χ2n) is 6.01. The Morgan fingerprint density at radius 2 is 2.00 bits per heavy atom. The molecule has 1 aliphatic carbocycles. The molecule has 116 valence electrons. The molecular formula is C14H20N2O4S. The molecule has 0 aromatic heterocycles. The lowest BCUT2D eigenvalue weighted by atomic mass is 9.91. The number of nitrogens with two attached hydrogens (primary N) is 1. The van der Waals surface area contributed by atoms with Gasteiger partial charge in [0.05, 0.1) is 12.7 Å². The average Bonchev–Trinajstić information content (AvgIpc) is 3.22. The Morgan fingerprint density at radius 3 is 2.52 bits per heavy atom. The van der Waals surface area contributed by atoms with Gasteiger partial charge in [0.1, 0.15) is 10.6 Å². The maximum Gasteiger partial charge on any atom is 0.247 e. The van der Waals surface area contributed by atoms with E-state index in [4.69, 9.17) is 10.5 Å². The standard InChI is InChI=1S/C14H20N2O4S/c1-9-5-12(20-2)13(6-11(9)15)21(18,19)16-7-14(17,8-16)10-3-4-10/h5-6,10,17H,3-4,7-8,15H2,1-2H3. The van der Waals surface area contributed by atoms with E-state index in [1.807, 2.05) is 0 Å². The number of aryl methyl sites for hydroxylation is 1. The zero-order valence-electron chi connectivity index (χ0n) is 12.2. The number of benzene rings is 1. The molecule has 0 atom stereocenters. The fourth-order valence-corrected chi connectivity index (χ4v) is 4.53. The van der Waals surface area contributed by atoms with Crippen molar-refractivity contribution in [3.05, 3.63) is 17.7 Å². The normalized spacial score (nSPS) is 21.9. The summed E-state index contributed by atoms with van der Waals surface area (Å²) in [6.07, 6.45) is 1.95. The summed E-state index contributed by atoms with van der Waals surface area (Å²) < 4.78 is 31.8. The molecule has 0 bridgehead atoms. The van der Waals surface area contributed by atoms with Gasteiger partial charge < -0.3 is 15.6 Å². The second-order valence-corrected chi connectivity index (χ2v) is 7.92. The quantitative estimate of drug-likeness (QED) is 0.800. The Morgan fingerprint density at radius 1 is 1.38 bits per heavy atom. The lowest BCUT2D eigenvalue weighted by Crippen LogP contribution is -2.64. The van der Waals surface area contributed by atoms with Crippen molar-refractivity contribution in [2.45, 2.75) is 30.3 Å². The fourth-order valence-electron chi connectivity index (χ4n) is 2.79. The van der Waals surface area contributed by atoms with Crippen molar-refractivity contribution in [1.29, 1.82) is 0 Å². The van der Waals surface area contributed by atoms with Crippen molar-refractivity contribution >= 4 is 15.7 Å². The van der Waals surface area contributed by atoms with Gasteiger partial charge in [-0.1, -0.05) is 0 Å². The van der Waals surface area contributed by atoms with Gasteiger partial charge in [0.2, 0.25) is 10.0 Å². The fraction of sp³-hybridized carbons (Fsp3) is 0.571. The number of nitrogens with zero attached hydrogens (tertiary/aromatic N) is 1. The third-order valence-electron chi connectivity index (χ3n) is 4.41. The number of sulfonamides is 1. The Kier molecular flexibility index (Phi) is 3.20. The minimum Gasteiger partial charge on any atom is -0.495 e. The van der Waals surface area contributed by atoms with Gasteiger partial charge in [-0.05, 0) is 43.4 Å². The molecule has 21 heavy (non-hydrogen) atoms. The smallest absolute Gasteiger partial charge is 0.247 e. The highest BCUT2D eigenvalue weighted by atomic mass is 32.2. The van der Waals surface area contributed by atoms with E-state index in [0.717, 1.165) is 18.4 Å². The average molecular weight is 312 g/mol. The molecule has 1 aliphatic heterocycles. The molecule has 1 aromatic carbocycles. The molecule has 1 saturated heterocycles. The molecule has 1 heterocycles. The van der Waals surface area contributed by atoms with Crippen LogP contribution in [0.3, 0.4) is 0 Å². The van der Waals surface area contributed by atoms with Crippen LogP contribution in [0, 0.1) is 12.8 Å². The third-order valence-corrected chi connectivity index (χ3v) is 6.22. The molecule has 3 rings (SSSR count). The molecule has 0 unspecified atom stereocenters. The zero-order chi connectivity index (χ0) is 15.4. The number of β-amino-alcohol motifs (C(OH)–C–C–N with tert-alkyl or cyclic N) is 1. The molecule has 1 aromatic rings. The molecule has 2 fully saturated rings. The van der Waals surface area contributed by atoms with Crippen molar-refractivity contribution < 1.29 is 18.3 Å². The van der Waals surface area contributed by atoms with E-state index < -0.39 is 15.6 Å². The van der Waals surface area contributed by atoms with Crippen molar-refractivity contribution in [1.82, 2.24) is 4.31 Å². The molecule has 2 aliphatic rings. The SMILES string of the molecule is COc1cc(C)c(N)cc1S(=O)(=O)N1CC(O)(C2CC2)C1. The van der Waals surface area contributed by atoms with Crippen LogP contribution in [-0.4, -0.2) is 43.6 Å². The van der Waals surface area contributed by atoms with Crippen LogP contribution in [0.2, 0.25) is 0 Å². The highest BCUT2D eigenvalue weighted by Gasteiger charge is 2.55. The Bertz CT molecular complexity index is 676. The minimum absolute atomic E-state index is 0.0611. The van der Waals surface area contributed by atoms with Gasteiger partial charge in [-0.15, -0.1) is 0 Å². The first-order chi connectivity index (χ1) is 9.78. The van der Waals surface area contributed by atoms with Crippen LogP contribution in [0.4, 0.5) is 5.69 Å². The molecule has 0 radical (unpaired) electrons. The van der Waals surface area contributed by atoms with Crippen LogP contribution in [0.1, 0.15) is 18.4 Å². The van der Waals surface area contributed by atoms with E-state index in [-0.39, 0.29) is 29.7 Å². The highest BCUT2D eigenvalue weighted by Crippen LogP contribution is 2.46. The van der Waals surface area contributed by atoms with Gasteiger partial charge in [-0.2, -0.15) is 4.31 Å². The number of nitrogen functional groups attached to an aromatic ring is 1. The summed E-state index contributed by atoms with van der Waals surface area (Å²) in [5.74, 6) is 0.525. The van der Waals surface area contributed by atoms with Gasteiger partial charge in [-0.25, -0.2) is 8.42 Å². The summed E-state index contributed by atoms with van der Waals surface area (Å²) in [5, 5.41) is 10.3. The van der Waals surface area contributed by atoms with E-state index in [9.17, 15) is 13.5 Å². The predicted molar refractivity (Wildman–Crippen MR) is 78.6 cm³/mol. The minimum atomic E-state index is -3.69. The number of anilines is 1. The topological polar surface area (TPSA) is 92.9 Å². The molecule has 0 amide bonds. The molecule has 7 heteroatoms. The predicted octanol–water partition coefficient (Wildman–Crippen LogP) is 0.731. The first-order valence-corrected chi connectivity index (χ1v) is 8.38. The first-order valence-electron chi connectivity index (χ1n) is 6.94. The lowest BCUT2D eigenvalue weighted by Gasteiger charge is -2.45. The number of hydrogen-bond donors (Lipinski definition) is 2. The largest absolute Gasteiger partial charge is 0.495 e. The number of aliphatic hydroxyl groups is 1. The van der Waals surface area contributed by atoms with Crippen molar-refractivity contribution in [3.8, 4) is 5.75 Å². The van der Waals surface area contributed by atoms with Crippen LogP contribution < -0.4 is 10.5 Å². The van der Waals surface area contributed by atoms with Gasteiger partial charge in [0.15, 0.2) is 0 Å². The van der Waals surface area contributed by atoms with Crippen molar-refractivity contribution in [2.24, 2.45) is 5.92 Å². The number of hydrogen-bond acceptors (Lipinski definition) is 5. The summed E-state index contributed by atoms with van der Waals surface area (Å²) in [5.41, 5.74) is 6.15. The van der Waals surface area contributed by atoms with Crippen LogP contribution >= 0.6 is 0 Å². The van der Waals surface area contributed by atoms with Crippen LogP contribution in [0.15, 0.2) is 17.0 Å². The number of ether oxygens (including phenoxy) is 1. The summed E-state index contributed by atoms with van der Waals surface area (Å²) in [4.78, 5) is 0.0611. The highest BCUT2D eigenvalue weighted by molar-refractivity contribution is 7.89. The van der Waals surface area contributed by atoms with Gasteiger partial charge >= 0.3 is 0 Å². The van der Waals surface area contributed by atoms with E-state index in [2.05, 4.69) is 0 Å². The van der Waals surface area contributed by atoms with Gasteiger partial charge in [0, 0.05) is 18.8 Å². The maximum atomic E-state index is 12.7. The van der Waals surface area contributed by atoms with E-state index >= 15 is 0 Å². The molecule has 3 N–H and O–H groups in total. The van der Waals surface area contributed by atoms with Crippen molar-refractivity contribution in [2.75, 3.05) is 25.9 Å². The molecule has 0 spiro atoms. The van der Waals surface area contributed by atoms with E-state index in [0.29, 0.717) is 5.69 Å². The number of methoxy groups -OCH3 is 1. The number of rotatable bonds is 4.